The number of aromatic nitrogens is 4. The van der Waals surface area contributed by atoms with Crippen molar-refractivity contribution in [2.45, 2.75) is 19.4 Å². The van der Waals surface area contributed by atoms with E-state index < -0.39 is 0 Å². The zero-order valence-electron chi connectivity index (χ0n) is 15.3. The second-order valence-electron chi connectivity index (χ2n) is 6.57. The van der Waals surface area contributed by atoms with Crippen molar-refractivity contribution in [3.05, 3.63) is 42.5 Å². The first-order chi connectivity index (χ1) is 13.1. The van der Waals surface area contributed by atoms with Gasteiger partial charge in [0.1, 0.15) is 12.1 Å². The Labute approximate surface area is 156 Å². The minimum Gasteiger partial charge on any atom is -0.497 e. The molecule has 2 aromatic heterocycles. The second kappa shape index (κ2) is 7.32. The average molecular weight is 367 g/mol. The zero-order valence-corrected chi connectivity index (χ0v) is 15.3. The number of rotatable bonds is 5. The summed E-state index contributed by atoms with van der Waals surface area (Å²) in [7, 11) is 1.64. The lowest BCUT2D eigenvalue weighted by Crippen LogP contribution is -2.33. The molecule has 1 aliphatic heterocycles. The molecule has 1 aliphatic rings. The van der Waals surface area contributed by atoms with Crippen molar-refractivity contribution in [2.75, 3.05) is 20.3 Å². The van der Waals surface area contributed by atoms with Crippen LogP contribution in [0.25, 0.3) is 16.9 Å². The van der Waals surface area contributed by atoms with E-state index >= 15 is 0 Å². The summed E-state index contributed by atoms with van der Waals surface area (Å²) in [4.78, 5) is 21.3. The van der Waals surface area contributed by atoms with Crippen molar-refractivity contribution in [1.29, 1.82) is 0 Å². The number of amides is 1. The van der Waals surface area contributed by atoms with E-state index in [1.807, 2.05) is 37.3 Å². The molecular weight excluding hydrogens is 346 g/mol. The van der Waals surface area contributed by atoms with Crippen molar-refractivity contribution < 1.29 is 14.3 Å². The summed E-state index contributed by atoms with van der Waals surface area (Å²) in [6.07, 6.45) is 2.39. The number of nitrogens with zero attached hydrogens (tertiary/aromatic N) is 4. The molecule has 0 bridgehead atoms. The summed E-state index contributed by atoms with van der Waals surface area (Å²) in [6, 6.07) is 9.25. The zero-order chi connectivity index (χ0) is 18.8. The molecule has 2 atom stereocenters. The maximum absolute atomic E-state index is 12.3. The van der Waals surface area contributed by atoms with Gasteiger partial charge in [0.15, 0.2) is 11.5 Å². The van der Waals surface area contributed by atoms with Crippen molar-refractivity contribution in [3.8, 4) is 17.0 Å². The Morgan fingerprint density at radius 3 is 2.89 bits per heavy atom. The van der Waals surface area contributed by atoms with Crippen molar-refractivity contribution >= 4 is 11.6 Å². The quantitative estimate of drug-likeness (QED) is 0.742. The molecule has 0 aliphatic carbocycles. The molecule has 1 fully saturated rings. The molecule has 27 heavy (non-hydrogen) atoms. The highest BCUT2D eigenvalue weighted by Crippen LogP contribution is 2.22. The number of nitrogens with one attached hydrogen (secondary N) is 1. The van der Waals surface area contributed by atoms with E-state index in [1.54, 1.807) is 18.0 Å². The Bertz CT molecular complexity index is 948. The van der Waals surface area contributed by atoms with Gasteiger partial charge >= 0.3 is 0 Å². The maximum Gasteiger partial charge on any atom is 0.226 e. The van der Waals surface area contributed by atoms with Gasteiger partial charge in [-0.25, -0.2) is 14.5 Å². The molecule has 8 nitrogen and oxygen atoms in total. The van der Waals surface area contributed by atoms with Gasteiger partial charge in [0.05, 0.1) is 31.4 Å². The Kier molecular flexibility index (Phi) is 4.72. The Morgan fingerprint density at radius 2 is 2.19 bits per heavy atom. The molecular formula is C19H21N5O3. The summed E-state index contributed by atoms with van der Waals surface area (Å²) in [5, 5.41) is 7.40. The minimum absolute atomic E-state index is 0.0177. The smallest absolute Gasteiger partial charge is 0.226 e. The fraction of sp³-hybridized carbons (Fsp3) is 0.368. The highest BCUT2D eigenvalue weighted by Gasteiger charge is 2.25. The first kappa shape index (κ1) is 17.4. The highest BCUT2D eigenvalue weighted by molar-refractivity contribution is 5.79. The Balaban J connectivity index is 1.53. The molecule has 0 radical (unpaired) electrons. The molecule has 8 heteroatoms. The molecule has 1 amide bonds. The van der Waals surface area contributed by atoms with E-state index in [9.17, 15) is 4.79 Å². The number of hydrogen-bond acceptors (Lipinski definition) is 6. The molecule has 1 aromatic carbocycles. The van der Waals surface area contributed by atoms with Crippen LogP contribution in [0.4, 0.5) is 0 Å². The van der Waals surface area contributed by atoms with Crippen LogP contribution in [-0.4, -0.2) is 45.8 Å². The summed E-state index contributed by atoms with van der Waals surface area (Å²) >= 11 is 0. The molecule has 3 heterocycles. The lowest BCUT2D eigenvalue weighted by Gasteiger charge is -2.13. The van der Waals surface area contributed by atoms with Crippen LogP contribution in [0, 0.1) is 5.92 Å². The van der Waals surface area contributed by atoms with Crippen LogP contribution in [-0.2, 0) is 9.53 Å². The number of ether oxygens (including phenoxy) is 2. The van der Waals surface area contributed by atoms with Gasteiger partial charge in [-0.2, -0.15) is 0 Å². The fourth-order valence-electron chi connectivity index (χ4n) is 3.05. The van der Waals surface area contributed by atoms with E-state index in [1.165, 1.54) is 0 Å². The number of carbonyl (C=O) groups is 1. The van der Waals surface area contributed by atoms with E-state index in [4.69, 9.17) is 9.47 Å². The van der Waals surface area contributed by atoms with Crippen molar-refractivity contribution in [2.24, 2.45) is 5.92 Å². The van der Waals surface area contributed by atoms with Gasteiger partial charge in [0.25, 0.3) is 0 Å². The lowest BCUT2D eigenvalue weighted by molar-refractivity contribution is -0.125. The molecule has 0 spiro atoms. The van der Waals surface area contributed by atoms with Gasteiger partial charge in [0, 0.05) is 18.2 Å². The third-order valence-electron chi connectivity index (χ3n) is 4.68. The highest BCUT2D eigenvalue weighted by atomic mass is 16.5. The minimum atomic E-state index is -0.289. The number of hydrogen-bond donors (Lipinski definition) is 1. The summed E-state index contributed by atoms with van der Waals surface area (Å²) < 4.78 is 12.1. The summed E-state index contributed by atoms with van der Waals surface area (Å²) in [5.74, 6) is 1.24. The monoisotopic (exact) mass is 367 g/mol. The number of carbonyl (C=O) groups excluding carboxylic acids is 1. The lowest BCUT2D eigenvalue weighted by atomic mass is 10.1. The second-order valence-corrected chi connectivity index (χ2v) is 6.57. The van der Waals surface area contributed by atoms with Crippen molar-refractivity contribution in [3.63, 3.8) is 0 Å². The van der Waals surface area contributed by atoms with Crippen LogP contribution in [0.5, 0.6) is 5.75 Å². The van der Waals surface area contributed by atoms with Crippen LogP contribution in [0.2, 0.25) is 0 Å². The predicted octanol–water partition coefficient (Wildman–Crippen LogP) is 2.01. The molecule has 3 aromatic rings. The van der Waals surface area contributed by atoms with Gasteiger partial charge < -0.3 is 14.8 Å². The maximum atomic E-state index is 12.3. The van der Waals surface area contributed by atoms with Crippen LogP contribution in [0.15, 0.2) is 36.7 Å². The van der Waals surface area contributed by atoms with Crippen LogP contribution in [0.3, 0.4) is 0 Å². The Morgan fingerprint density at radius 1 is 1.37 bits per heavy atom. The largest absolute Gasteiger partial charge is 0.497 e. The van der Waals surface area contributed by atoms with Gasteiger partial charge in [-0.3, -0.25) is 4.79 Å². The fourth-order valence-corrected chi connectivity index (χ4v) is 3.05. The molecule has 140 valence electrons. The first-order valence-corrected chi connectivity index (χ1v) is 8.89. The molecule has 0 saturated carbocycles. The molecule has 1 saturated heterocycles. The van der Waals surface area contributed by atoms with Crippen LogP contribution >= 0.6 is 0 Å². The predicted molar refractivity (Wildman–Crippen MR) is 98.3 cm³/mol. The summed E-state index contributed by atoms with van der Waals surface area (Å²) in [6.45, 7) is 2.99. The SMILES string of the molecule is COc1ccc(-c2cc3nc([C@@H](C)NC(=O)[C@@H]4CCOC4)nn3cn2)cc1. The third kappa shape index (κ3) is 3.61. The standard InChI is InChI=1S/C19H21N5O3/c1-12(21-19(25)14-7-8-27-10-14)18-22-17-9-16(20-11-24(17)23-18)13-3-5-15(26-2)6-4-13/h3-6,9,11-12,14H,7-8,10H2,1-2H3,(H,21,25)/t12-,14-/m1/s1. The van der Waals surface area contributed by atoms with Gasteiger partial charge in [-0.15, -0.1) is 5.10 Å². The average Bonchev–Trinajstić information content (AvgIpc) is 3.37. The van der Waals surface area contributed by atoms with Gasteiger partial charge in [-0.1, -0.05) is 0 Å². The Hall–Kier alpha value is -3.00. The van der Waals surface area contributed by atoms with E-state index in [2.05, 4.69) is 20.4 Å². The van der Waals surface area contributed by atoms with Crippen molar-refractivity contribution in [1.82, 2.24) is 24.9 Å². The van der Waals surface area contributed by atoms with Crippen LogP contribution < -0.4 is 10.1 Å². The molecule has 1 N–H and O–H groups in total. The van der Waals surface area contributed by atoms with E-state index in [0.717, 1.165) is 23.4 Å². The van der Waals surface area contributed by atoms with Gasteiger partial charge in [-0.05, 0) is 37.6 Å². The van der Waals surface area contributed by atoms with E-state index in [-0.39, 0.29) is 17.9 Å². The van der Waals surface area contributed by atoms with E-state index in [0.29, 0.717) is 24.7 Å². The molecule has 4 rings (SSSR count). The number of benzene rings is 1. The topological polar surface area (TPSA) is 90.6 Å². The van der Waals surface area contributed by atoms with Gasteiger partial charge in [0.2, 0.25) is 5.91 Å². The van der Waals surface area contributed by atoms with Crippen LogP contribution in [0.1, 0.15) is 25.2 Å². The first-order valence-electron chi connectivity index (χ1n) is 8.89. The third-order valence-corrected chi connectivity index (χ3v) is 4.68. The summed E-state index contributed by atoms with van der Waals surface area (Å²) in [5.41, 5.74) is 2.44. The number of fused-ring (bicyclic) bond motifs is 1. The molecule has 0 unspecified atom stereocenters. The number of methoxy groups -OCH3 is 1. The normalized spacial score (nSPS) is 17.8.